The Labute approximate surface area is 123 Å². The summed E-state index contributed by atoms with van der Waals surface area (Å²) < 4.78 is 0. The van der Waals surface area contributed by atoms with Crippen LogP contribution in [0.5, 0.6) is 0 Å². The molecule has 108 valence electrons. The van der Waals surface area contributed by atoms with Gasteiger partial charge in [-0.25, -0.2) is 15.0 Å². The van der Waals surface area contributed by atoms with Crippen molar-refractivity contribution >= 4 is 17.7 Å². The zero-order chi connectivity index (χ0) is 14.7. The number of hydrogen-bond acceptors (Lipinski definition) is 5. The van der Waals surface area contributed by atoms with Crippen LogP contribution in [-0.2, 0) is 4.79 Å². The van der Waals surface area contributed by atoms with E-state index >= 15 is 0 Å². The molecule has 1 N–H and O–H groups in total. The Kier molecular flexibility index (Phi) is 3.77. The molecule has 3 rings (SSSR count). The molecule has 21 heavy (non-hydrogen) atoms. The topological polar surface area (TPSA) is 71.0 Å². The van der Waals surface area contributed by atoms with Crippen LogP contribution >= 0.6 is 0 Å². The minimum Gasteiger partial charge on any atom is -0.334 e. The first kappa shape index (κ1) is 13.5. The van der Waals surface area contributed by atoms with Gasteiger partial charge in [0, 0.05) is 25.9 Å². The molecule has 1 amide bonds. The second-order valence-electron chi connectivity index (χ2n) is 5.02. The van der Waals surface area contributed by atoms with E-state index in [1.54, 1.807) is 19.3 Å². The highest BCUT2D eigenvalue weighted by Gasteiger charge is 2.29. The van der Waals surface area contributed by atoms with Gasteiger partial charge >= 0.3 is 0 Å². The third-order valence-electron chi connectivity index (χ3n) is 3.58. The van der Waals surface area contributed by atoms with Crippen LogP contribution in [-0.4, -0.2) is 32.3 Å². The lowest BCUT2D eigenvalue weighted by atomic mass is 10.1. The molecule has 1 aliphatic heterocycles. The molecular weight excluding hydrogens is 266 g/mol. The first-order chi connectivity index (χ1) is 10.2. The van der Waals surface area contributed by atoms with Gasteiger partial charge in [0.05, 0.1) is 11.7 Å². The lowest BCUT2D eigenvalue weighted by Crippen LogP contribution is -2.28. The minimum absolute atomic E-state index is 0.0507. The number of amides is 1. The molecule has 0 aromatic carbocycles. The molecule has 2 aromatic rings. The van der Waals surface area contributed by atoms with Gasteiger partial charge in [-0.15, -0.1) is 0 Å². The fraction of sp³-hybridized carbons (Fsp3) is 0.333. The summed E-state index contributed by atoms with van der Waals surface area (Å²) in [6.45, 7) is 2.40. The van der Waals surface area contributed by atoms with Gasteiger partial charge in [0.1, 0.15) is 5.82 Å². The maximum Gasteiger partial charge on any atom is 0.228 e. The molecule has 0 bridgehead atoms. The van der Waals surface area contributed by atoms with Crippen LogP contribution < -0.4 is 5.32 Å². The summed E-state index contributed by atoms with van der Waals surface area (Å²) in [5.41, 5.74) is 0.871. The van der Waals surface area contributed by atoms with Gasteiger partial charge in [-0.3, -0.25) is 4.79 Å². The summed E-state index contributed by atoms with van der Waals surface area (Å²) in [7, 11) is 0. The van der Waals surface area contributed by atoms with Crippen molar-refractivity contribution in [3.05, 3.63) is 42.4 Å². The molecule has 2 aromatic heterocycles. The second-order valence-corrected chi connectivity index (χ2v) is 5.02. The molecule has 1 atom stereocenters. The van der Waals surface area contributed by atoms with E-state index in [0.717, 1.165) is 25.1 Å². The average Bonchev–Trinajstić information content (AvgIpc) is 2.98. The number of pyridine rings is 1. The third kappa shape index (κ3) is 2.99. The molecule has 1 aliphatic rings. The predicted octanol–water partition coefficient (Wildman–Crippen LogP) is 2.30. The van der Waals surface area contributed by atoms with Gasteiger partial charge in [-0.1, -0.05) is 6.07 Å². The molecule has 1 fully saturated rings. The number of nitrogens with zero attached hydrogens (tertiary/aromatic N) is 4. The van der Waals surface area contributed by atoms with E-state index in [2.05, 4.69) is 20.3 Å². The smallest absolute Gasteiger partial charge is 0.228 e. The highest BCUT2D eigenvalue weighted by atomic mass is 16.2. The molecule has 1 saturated heterocycles. The van der Waals surface area contributed by atoms with Crippen molar-refractivity contribution in [2.24, 2.45) is 0 Å². The summed E-state index contributed by atoms with van der Waals surface area (Å²) in [6.07, 6.45) is 5.38. The van der Waals surface area contributed by atoms with Gasteiger partial charge in [-0.05, 0) is 31.0 Å². The van der Waals surface area contributed by atoms with E-state index in [1.165, 1.54) is 0 Å². The Hall–Kier alpha value is -2.50. The quantitative estimate of drug-likeness (QED) is 0.935. The van der Waals surface area contributed by atoms with E-state index in [9.17, 15) is 4.79 Å². The van der Waals surface area contributed by atoms with E-state index in [-0.39, 0.29) is 11.9 Å². The first-order valence-electron chi connectivity index (χ1n) is 7.02. The van der Waals surface area contributed by atoms with Crippen molar-refractivity contribution in [1.29, 1.82) is 0 Å². The van der Waals surface area contributed by atoms with Gasteiger partial charge in [0.15, 0.2) is 0 Å². The minimum atomic E-state index is 0.0507. The fourth-order valence-electron chi connectivity index (χ4n) is 2.62. The SMILES string of the molecule is CC(=O)N1CCCC1c1ccnc(Nc2ccccn2)n1. The zero-order valence-corrected chi connectivity index (χ0v) is 11.9. The lowest BCUT2D eigenvalue weighted by Gasteiger charge is -2.22. The Morgan fingerprint density at radius 2 is 2.19 bits per heavy atom. The summed E-state index contributed by atoms with van der Waals surface area (Å²) in [4.78, 5) is 26.5. The first-order valence-corrected chi connectivity index (χ1v) is 7.02. The van der Waals surface area contributed by atoms with E-state index in [1.807, 2.05) is 29.2 Å². The van der Waals surface area contributed by atoms with Crippen LogP contribution in [0.15, 0.2) is 36.7 Å². The maximum absolute atomic E-state index is 11.7. The third-order valence-corrected chi connectivity index (χ3v) is 3.58. The molecule has 0 aliphatic carbocycles. The van der Waals surface area contributed by atoms with Gasteiger partial charge < -0.3 is 10.2 Å². The number of likely N-dealkylation sites (tertiary alicyclic amines) is 1. The largest absolute Gasteiger partial charge is 0.334 e. The molecular formula is C15H17N5O. The number of rotatable bonds is 3. The Bertz CT molecular complexity index is 631. The Morgan fingerprint density at radius 1 is 1.29 bits per heavy atom. The van der Waals surface area contributed by atoms with Crippen LogP contribution in [0.3, 0.4) is 0 Å². The summed E-state index contributed by atoms with van der Waals surface area (Å²) in [6, 6.07) is 7.53. The number of carbonyl (C=O) groups is 1. The number of anilines is 2. The average molecular weight is 283 g/mol. The second kappa shape index (κ2) is 5.87. The Balaban J connectivity index is 1.81. The molecule has 0 spiro atoms. The van der Waals surface area contributed by atoms with Crippen LogP contribution in [0.4, 0.5) is 11.8 Å². The number of nitrogens with one attached hydrogen (secondary N) is 1. The highest BCUT2D eigenvalue weighted by molar-refractivity contribution is 5.74. The van der Waals surface area contributed by atoms with Crippen molar-refractivity contribution in [2.75, 3.05) is 11.9 Å². The standard InChI is InChI=1S/C15H17N5O/c1-11(21)20-10-4-5-13(20)12-7-9-17-15(18-12)19-14-6-2-3-8-16-14/h2-3,6-9,13H,4-5,10H2,1H3,(H,16,17,18,19). The van der Waals surface area contributed by atoms with Gasteiger partial charge in [0.2, 0.25) is 11.9 Å². The highest BCUT2D eigenvalue weighted by Crippen LogP contribution is 2.31. The molecule has 0 saturated carbocycles. The lowest BCUT2D eigenvalue weighted by molar-refractivity contribution is -0.129. The number of carbonyl (C=O) groups excluding carboxylic acids is 1. The summed E-state index contributed by atoms with van der Waals surface area (Å²) >= 11 is 0. The molecule has 3 heterocycles. The van der Waals surface area contributed by atoms with Crippen molar-refractivity contribution in [2.45, 2.75) is 25.8 Å². The fourth-order valence-corrected chi connectivity index (χ4v) is 2.62. The molecule has 6 heteroatoms. The van der Waals surface area contributed by atoms with Crippen molar-refractivity contribution in [3.63, 3.8) is 0 Å². The number of aromatic nitrogens is 3. The van der Waals surface area contributed by atoms with Gasteiger partial charge in [0.25, 0.3) is 0 Å². The van der Waals surface area contributed by atoms with Crippen LogP contribution in [0.25, 0.3) is 0 Å². The maximum atomic E-state index is 11.7. The van der Waals surface area contributed by atoms with Crippen molar-refractivity contribution < 1.29 is 4.79 Å². The molecule has 1 unspecified atom stereocenters. The van der Waals surface area contributed by atoms with Crippen molar-refractivity contribution in [1.82, 2.24) is 19.9 Å². The van der Waals surface area contributed by atoms with Crippen LogP contribution in [0, 0.1) is 0 Å². The Morgan fingerprint density at radius 3 is 2.95 bits per heavy atom. The summed E-state index contributed by atoms with van der Waals surface area (Å²) in [5.74, 6) is 1.29. The van der Waals surface area contributed by atoms with E-state index < -0.39 is 0 Å². The normalized spacial score (nSPS) is 17.8. The summed E-state index contributed by atoms with van der Waals surface area (Å²) in [5, 5.41) is 3.08. The monoisotopic (exact) mass is 283 g/mol. The van der Waals surface area contributed by atoms with Crippen molar-refractivity contribution in [3.8, 4) is 0 Å². The van der Waals surface area contributed by atoms with E-state index in [0.29, 0.717) is 11.8 Å². The zero-order valence-electron chi connectivity index (χ0n) is 11.9. The molecule has 0 radical (unpaired) electrons. The van der Waals surface area contributed by atoms with E-state index in [4.69, 9.17) is 0 Å². The number of hydrogen-bond donors (Lipinski definition) is 1. The van der Waals surface area contributed by atoms with Gasteiger partial charge in [-0.2, -0.15) is 0 Å². The predicted molar refractivity (Wildman–Crippen MR) is 78.9 cm³/mol. The van der Waals surface area contributed by atoms with Crippen LogP contribution in [0.2, 0.25) is 0 Å². The van der Waals surface area contributed by atoms with Crippen LogP contribution in [0.1, 0.15) is 31.5 Å². The molecule has 6 nitrogen and oxygen atoms in total.